The molecule has 1 aromatic rings. The third-order valence-electron chi connectivity index (χ3n) is 2.28. The zero-order chi connectivity index (χ0) is 13.1. The average molecular weight is 238 g/mol. The molecular weight excluding hydrogens is 216 g/mol. The first-order chi connectivity index (χ1) is 7.78. The van der Waals surface area contributed by atoms with Gasteiger partial charge in [0.15, 0.2) is 0 Å². The summed E-state index contributed by atoms with van der Waals surface area (Å²) >= 11 is 0. The minimum absolute atomic E-state index is 0.00440. The Kier molecular flexibility index (Phi) is 4.28. The van der Waals surface area contributed by atoms with Gasteiger partial charge in [0, 0.05) is 31.6 Å². The van der Waals surface area contributed by atoms with Crippen molar-refractivity contribution in [2.45, 2.75) is 39.7 Å². The van der Waals surface area contributed by atoms with Crippen LogP contribution in [0, 0.1) is 6.92 Å². The summed E-state index contributed by atoms with van der Waals surface area (Å²) in [6, 6.07) is 1.86. The average Bonchev–Trinajstić information content (AvgIpc) is 2.42. The molecule has 0 saturated carbocycles. The first-order valence-electron chi connectivity index (χ1n) is 5.83. The van der Waals surface area contributed by atoms with Crippen molar-refractivity contribution in [3.05, 3.63) is 11.8 Å². The Balaban J connectivity index is 2.38. The van der Waals surface area contributed by atoms with Gasteiger partial charge in [0.05, 0.1) is 5.69 Å². The number of carbonyl (C=O) groups excluding carboxylic acids is 1. The maximum atomic E-state index is 11.7. The summed E-state index contributed by atoms with van der Waals surface area (Å²) in [6.07, 6.45) is 0.460. The van der Waals surface area contributed by atoms with Gasteiger partial charge in [-0.2, -0.15) is 5.10 Å². The predicted octanol–water partition coefficient (Wildman–Crippen LogP) is 1.45. The van der Waals surface area contributed by atoms with Gasteiger partial charge in [0.1, 0.15) is 5.82 Å². The molecule has 5 heteroatoms. The number of nitrogens with zero attached hydrogens (tertiary/aromatic N) is 2. The molecule has 0 unspecified atom stereocenters. The standard InChI is InChI=1S/C12H22N4O/c1-9-8-10(16(5)15-9)14-11(17)6-7-13-12(2,3)4/h8,13H,6-7H2,1-5H3,(H,14,17). The van der Waals surface area contributed by atoms with Crippen LogP contribution in [0.4, 0.5) is 5.82 Å². The molecule has 0 spiro atoms. The monoisotopic (exact) mass is 238 g/mol. The molecule has 1 heterocycles. The van der Waals surface area contributed by atoms with E-state index in [-0.39, 0.29) is 11.4 Å². The fourth-order valence-electron chi connectivity index (χ4n) is 1.48. The first-order valence-corrected chi connectivity index (χ1v) is 5.83. The van der Waals surface area contributed by atoms with E-state index in [1.807, 2.05) is 20.0 Å². The Morgan fingerprint density at radius 1 is 1.47 bits per heavy atom. The van der Waals surface area contributed by atoms with Gasteiger partial charge in [-0.1, -0.05) is 0 Å². The van der Waals surface area contributed by atoms with E-state index in [2.05, 4.69) is 36.5 Å². The fourth-order valence-corrected chi connectivity index (χ4v) is 1.48. The lowest BCUT2D eigenvalue weighted by atomic mass is 10.1. The molecule has 0 aromatic carbocycles. The molecule has 1 aromatic heterocycles. The highest BCUT2D eigenvalue weighted by Gasteiger charge is 2.10. The Hall–Kier alpha value is -1.36. The third kappa shape index (κ3) is 4.99. The molecule has 0 bridgehead atoms. The number of nitrogens with one attached hydrogen (secondary N) is 2. The lowest BCUT2D eigenvalue weighted by Gasteiger charge is -2.20. The first kappa shape index (κ1) is 13.7. The molecule has 1 amide bonds. The maximum Gasteiger partial charge on any atom is 0.226 e. The summed E-state index contributed by atoms with van der Waals surface area (Å²) in [5.41, 5.74) is 0.944. The number of amides is 1. The van der Waals surface area contributed by atoms with Crippen molar-refractivity contribution in [1.82, 2.24) is 15.1 Å². The van der Waals surface area contributed by atoms with Gasteiger partial charge >= 0.3 is 0 Å². The summed E-state index contributed by atoms with van der Waals surface area (Å²) in [4.78, 5) is 11.7. The van der Waals surface area contributed by atoms with Gasteiger partial charge in [0.25, 0.3) is 0 Å². The summed E-state index contributed by atoms with van der Waals surface area (Å²) in [7, 11) is 1.82. The highest BCUT2D eigenvalue weighted by molar-refractivity contribution is 5.90. The smallest absolute Gasteiger partial charge is 0.226 e. The fraction of sp³-hybridized carbons (Fsp3) is 0.667. The second-order valence-electron chi connectivity index (χ2n) is 5.27. The molecule has 0 radical (unpaired) electrons. The van der Waals surface area contributed by atoms with Crippen molar-refractivity contribution >= 4 is 11.7 Å². The minimum Gasteiger partial charge on any atom is -0.312 e. The zero-order valence-corrected chi connectivity index (χ0v) is 11.3. The van der Waals surface area contributed by atoms with E-state index in [0.29, 0.717) is 13.0 Å². The zero-order valence-electron chi connectivity index (χ0n) is 11.3. The SMILES string of the molecule is Cc1cc(NC(=O)CCNC(C)(C)C)n(C)n1. The van der Waals surface area contributed by atoms with E-state index in [1.165, 1.54) is 0 Å². The molecule has 0 aliphatic rings. The molecule has 0 aliphatic heterocycles. The molecule has 0 fully saturated rings. The van der Waals surface area contributed by atoms with E-state index in [1.54, 1.807) is 4.68 Å². The molecular formula is C12H22N4O. The van der Waals surface area contributed by atoms with Crippen LogP contribution < -0.4 is 10.6 Å². The van der Waals surface area contributed by atoms with Crippen LogP contribution in [0.1, 0.15) is 32.9 Å². The van der Waals surface area contributed by atoms with E-state index in [9.17, 15) is 4.79 Å². The van der Waals surface area contributed by atoms with E-state index < -0.39 is 0 Å². The predicted molar refractivity (Wildman–Crippen MR) is 68.9 cm³/mol. The van der Waals surface area contributed by atoms with Crippen LogP contribution in [0.2, 0.25) is 0 Å². The Morgan fingerprint density at radius 2 is 2.12 bits per heavy atom. The summed E-state index contributed by atoms with van der Waals surface area (Å²) < 4.78 is 1.67. The number of carbonyl (C=O) groups is 1. The van der Waals surface area contributed by atoms with Crippen molar-refractivity contribution in [3.8, 4) is 0 Å². The number of hydrogen-bond donors (Lipinski definition) is 2. The maximum absolute atomic E-state index is 11.7. The lowest BCUT2D eigenvalue weighted by Crippen LogP contribution is -2.37. The number of rotatable bonds is 4. The molecule has 96 valence electrons. The van der Waals surface area contributed by atoms with Crippen LogP contribution in [0.3, 0.4) is 0 Å². The van der Waals surface area contributed by atoms with Gasteiger partial charge in [-0.15, -0.1) is 0 Å². The highest BCUT2D eigenvalue weighted by atomic mass is 16.1. The molecule has 0 atom stereocenters. The Morgan fingerprint density at radius 3 is 2.59 bits per heavy atom. The summed E-state index contributed by atoms with van der Waals surface area (Å²) in [5.74, 6) is 0.744. The molecule has 1 rings (SSSR count). The second-order valence-corrected chi connectivity index (χ2v) is 5.27. The van der Waals surface area contributed by atoms with Crippen molar-refractivity contribution in [2.75, 3.05) is 11.9 Å². The minimum atomic E-state index is 0.00440. The van der Waals surface area contributed by atoms with Crippen LogP contribution in [0.25, 0.3) is 0 Å². The van der Waals surface area contributed by atoms with Crippen LogP contribution in [-0.2, 0) is 11.8 Å². The summed E-state index contributed by atoms with van der Waals surface area (Å²) in [5, 5.41) is 10.3. The van der Waals surface area contributed by atoms with Gasteiger partial charge in [-0.05, 0) is 27.7 Å². The van der Waals surface area contributed by atoms with Gasteiger partial charge in [-0.3, -0.25) is 9.48 Å². The summed E-state index contributed by atoms with van der Waals surface area (Å²) in [6.45, 7) is 8.81. The largest absolute Gasteiger partial charge is 0.312 e. The van der Waals surface area contributed by atoms with Gasteiger partial charge in [0.2, 0.25) is 5.91 Å². The Bertz CT molecular complexity index is 390. The topological polar surface area (TPSA) is 59.0 Å². The quantitative estimate of drug-likeness (QED) is 0.834. The number of anilines is 1. The molecule has 0 aliphatic carbocycles. The van der Waals surface area contributed by atoms with Crippen LogP contribution in [-0.4, -0.2) is 27.8 Å². The van der Waals surface area contributed by atoms with Gasteiger partial charge in [-0.25, -0.2) is 0 Å². The number of aromatic nitrogens is 2. The van der Waals surface area contributed by atoms with Crippen LogP contribution >= 0.6 is 0 Å². The normalized spacial score (nSPS) is 11.6. The number of aryl methyl sites for hydroxylation is 2. The highest BCUT2D eigenvalue weighted by Crippen LogP contribution is 2.08. The number of hydrogen-bond acceptors (Lipinski definition) is 3. The molecule has 0 saturated heterocycles. The van der Waals surface area contributed by atoms with Crippen molar-refractivity contribution in [1.29, 1.82) is 0 Å². The second kappa shape index (κ2) is 5.31. The van der Waals surface area contributed by atoms with E-state index in [4.69, 9.17) is 0 Å². The molecule has 17 heavy (non-hydrogen) atoms. The molecule has 2 N–H and O–H groups in total. The van der Waals surface area contributed by atoms with Crippen LogP contribution in [0.5, 0.6) is 0 Å². The lowest BCUT2D eigenvalue weighted by molar-refractivity contribution is -0.116. The van der Waals surface area contributed by atoms with Crippen molar-refractivity contribution in [3.63, 3.8) is 0 Å². The van der Waals surface area contributed by atoms with Crippen molar-refractivity contribution < 1.29 is 4.79 Å². The van der Waals surface area contributed by atoms with E-state index >= 15 is 0 Å². The Labute approximate surface area is 103 Å². The molecule has 5 nitrogen and oxygen atoms in total. The van der Waals surface area contributed by atoms with Crippen LogP contribution in [0.15, 0.2) is 6.07 Å². The van der Waals surface area contributed by atoms with Crippen molar-refractivity contribution in [2.24, 2.45) is 7.05 Å². The van der Waals surface area contributed by atoms with Gasteiger partial charge < -0.3 is 10.6 Å². The third-order valence-corrected chi connectivity index (χ3v) is 2.28. The van der Waals surface area contributed by atoms with E-state index in [0.717, 1.165) is 11.5 Å².